The first-order valence-electron chi connectivity index (χ1n) is 5.67. The van der Waals surface area contributed by atoms with Crippen LogP contribution in [0, 0.1) is 0 Å². The number of nitrogens with two attached hydrogens (primary N) is 1. The van der Waals surface area contributed by atoms with E-state index in [1.807, 2.05) is 12.1 Å². The molecule has 1 aliphatic carbocycles. The van der Waals surface area contributed by atoms with Gasteiger partial charge in [0, 0.05) is 15.9 Å². The van der Waals surface area contributed by atoms with Crippen LogP contribution in [0.25, 0.3) is 10.8 Å². The van der Waals surface area contributed by atoms with Crippen molar-refractivity contribution in [3.05, 3.63) is 47.0 Å². The lowest BCUT2D eigenvalue weighted by molar-refractivity contribution is 0.254. The van der Waals surface area contributed by atoms with Gasteiger partial charge < -0.3 is 5.73 Å². The predicted molar refractivity (Wildman–Crippen MR) is 68.7 cm³/mol. The number of fused-ring (bicyclic) bond motifs is 1. The molecule has 1 aliphatic rings. The molecule has 2 aromatic rings. The SMILES string of the molecule is NC1(c2ccc3cccc(Cl)c3c2)CCC1. The highest BCUT2D eigenvalue weighted by Crippen LogP contribution is 2.40. The van der Waals surface area contributed by atoms with E-state index in [0.717, 1.165) is 23.3 Å². The quantitative estimate of drug-likeness (QED) is 0.793. The minimum atomic E-state index is -0.104. The molecule has 3 rings (SSSR count). The smallest absolute Gasteiger partial charge is 0.0484 e. The maximum Gasteiger partial charge on any atom is 0.0484 e. The molecule has 1 saturated carbocycles. The Labute approximate surface area is 100 Å². The first kappa shape index (κ1) is 10.1. The van der Waals surface area contributed by atoms with E-state index in [9.17, 15) is 0 Å². The van der Waals surface area contributed by atoms with Crippen molar-refractivity contribution in [3.63, 3.8) is 0 Å². The molecule has 2 aromatic carbocycles. The average Bonchev–Trinajstić information content (AvgIpc) is 2.26. The van der Waals surface area contributed by atoms with Crippen LogP contribution in [0.3, 0.4) is 0 Å². The third-order valence-electron chi connectivity index (χ3n) is 3.65. The summed E-state index contributed by atoms with van der Waals surface area (Å²) in [6.07, 6.45) is 3.41. The van der Waals surface area contributed by atoms with Gasteiger partial charge in [-0.2, -0.15) is 0 Å². The summed E-state index contributed by atoms with van der Waals surface area (Å²) >= 11 is 6.20. The summed E-state index contributed by atoms with van der Waals surface area (Å²) < 4.78 is 0. The van der Waals surface area contributed by atoms with Crippen LogP contribution in [0.5, 0.6) is 0 Å². The van der Waals surface area contributed by atoms with E-state index in [1.165, 1.54) is 17.4 Å². The van der Waals surface area contributed by atoms with Gasteiger partial charge in [0.2, 0.25) is 0 Å². The van der Waals surface area contributed by atoms with Crippen molar-refractivity contribution in [1.82, 2.24) is 0 Å². The molecule has 0 saturated heterocycles. The molecule has 0 amide bonds. The fourth-order valence-corrected chi connectivity index (χ4v) is 2.63. The number of hydrogen-bond acceptors (Lipinski definition) is 1. The van der Waals surface area contributed by atoms with Gasteiger partial charge in [-0.05, 0) is 42.3 Å². The maximum absolute atomic E-state index is 6.32. The maximum atomic E-state index is 6.32. The van der Waals surface area contributed by atoms with E-state index < -0.39 is 0 Å². The molecule has 0 atom stereocenters. The Hall–Kier alpha value is -1.05. The molecule has 1 nitrogen and oxygen atoms in total. The molecule has 16 heavy (non-hydrogen) atoms. The van der Waals surface area contributed by atoms with Crippen LogP contribution in [-0.4, -0.2) is 0 Å². The molecule has 2 N–H and O–H groups in total. The van der Waals surface area contributed by atoms with Gasteiger partial charge in [-0.25, -0.2) is 0 Å². The van der Waals surface area contributed by atoms with Crippen molar-refractivity contribution in [2.75, 3.05) is 0 Å². The van der Waals surface area contributed by atoms with Crippen LogP contribution in [-0.2, 0) is 5.54 Å². The highest BCUT2D eigenvalue weighted by atomic mass is 35.5. The Morgan fingerprint density at radius 2 is 1.94 bits per heavy atom. The van der Waals surface area contributed by atoms with Crippen LogP contribution < -0.4 is 5.73 Å². The average molecular weight is 232 g/mol. The molecular weight excluding hydrogens is 218 g/mol. The van der Waals surface area contributed by atoms with E-state index in [2.05, 4.69) is 24.3 Å². The van der Waals surface area contributed by atoms with Crippen LogP contribution in [0.4, 0.5) is 0 Å². The van der Waals surface area contributed by atoms with Gasteiger partial charge in [0.1, 0.15) is 0 Å². The molecule has 0 aromatic heterocycles. The molecule has 0 bridgehead atoms. The number of halogens is 1. The standard InChI is InChI=1S/C14H14ClN/c15-13-4-1-3-10-5-6-11(9-12(10)13)14(16)7-2-8-14/h1,3-6,9H,2,7-8,16H2. The fourth-order valence-electron chi connectivity index (χ4n) is 2.39. The lowest BCUT2D eigenvalue weighted by atomic mass is 9.72. The van der Waals surface area contributed by atoms with Crippen molar-refractivity contribution in [2.24, 2.45) is 5.73 Å². The van der Waals surface area contributed by atoms with Gasteiger partial charge in [-0.15, -0.1) is 0 Å². The minimum absolute atomic E-state index is 0.104. The van der Waals surface area contributed by atoms with Crippen molar-refractivity contribution in [3.8, 4) is 0 Å². The normalized spacial score (nSPS) is 18.4. The molecule has 82 valence electrons. The van der Waals surface area contributed by atoms with Crippen LogP contribution in [0.2, 0.25) is 5.02 Å². The lowest BCUT2D eigenvalue weighted by Crippen LogP contribution is -2.43. The summed E-state index contributed by atoms with van der Waals surface area (Å²) in [5.74, 6) is 0. The predicted octanol–water partition coefficient (Wildman–Crippen LogP) is 3.83. The number of benzene rings is 2. The molecule has 1 fully saturated rings. The second kappa shape index (κ2) is 3.47. The van der Waals surface area contributed by atoms with Gasteiger partial charge in [-0.1, -0.05) is 35.9 Å². The summed E-state index contributed by atoms with van der Waals surface area (Å²) in [6.45, 7) is 0. The van der Waals surface area contributed by atoms with Crippen LogP contribution in [0.15, 0.2) is 36.4 Å². The zero-order valence-electron chi connectivity index (χ0n) is 9.04. The fraction of sp³-hybridized carbons (Fsp3) is 0.286. The summed E-state index contributed by atoms with van der Waals surface area (Å²) in [4.78, 5) is 0. The highest BCUT2D eigenvalue weighted by molar-refractivity contribution is 6.35. The molecule has 0 spiro atoms. The van der Waals surface area contributed by atoms with E-state index in [1.54, 1.807) is 0 Å². The van der Waals surface area contributed by atoms with Crippen LogP contribution in [0.1, 0.15) is 24.8 Å². The van der Waals surface area contributed by atoms with Crippen molar-refractivity contribution in [1.29, 1.82) is 0 Å². The summed E-state index contributed by atoms with van der Waals surface area (Å²) in [6, 6.07) is 12.4. The zero-order valence-corrected chi connectivity index (χ0v) is 9.80. The van der Waals surface area contributed by atoms with Gasteiger partial charge in [0.05, 0.1) is 0 Å². The van der Waals surface area contributed by atoms with Gasteiger partial charge >= 0.3 is 0 Å². The topological polar surface area (TPSA) is 26.0 Å². The lowest BCUT2D eigenvalue weighted by Gasteiger charge is -2.38. The van der Waals surface area contributed by atoms with Gasteiger partial charge in [-0.3, -0.25) is 0 Å². The van der Waals surface area contributed by atoms with Crippen molar-refractivity contribution in [2.45, 2.75) is 24.8 Å². The van der Waals surface area contributed by atoms with Gasteiger partial charge in [0.15, 0.2) is 0 Å². The Bertz CT molecular complexity index is 543. The number of rotatable bonds is 1. The minimum Gasteiger partial charge on any atom is -0.321 e. The first-order chi connectivity index (χ1) is 7.69. The summed E-state index contributed by atoms with van der Waals surface area (Å²) in [5, 5.41) is 3.10. The largest absolute Gasteiger partial charge is 0.321 e. The molecule has 0 aliphatic heterocycles. The zero-order chi connectivity index (χ0) is 11.2. The van der Waals surface area contributed by atoms with E-state index in [-0.39, 0.29) is 5.54 Å². The molecule has 0 heterocycles. The number of hydrogen-bond donors (Lipinski definition) is 1. The molecular formula is C14H14ClN. The van der Waals surface area contributed by atoms with Crippen molar-refractivity contribution >= 4 is 22.4 Å². The van der Waals surface area contributed by atoms with Crippen LogP contribution >= 0.6 is 11.6 Å². The van der Waals surface area contributed by atoms with E-state index >= 15 is 0 Å². The monoisotopic (exact) mass is 231 g/mol. The van der Waals surface area contributed by atoms with E-state index in [0.29, 0.717) is 0 Å². The third kappa shape index (κ3) is 1.43. The Kier molecular flexibility index (Phi) is 2.20. The van der Waals surface area contributed by atoms with E-state index in [4.69, 9.17) is 17.3 Å². The first-order valence-corrected chi connectivity index (χ1v) is 6.04. The Morgan fingerprint density at radius 3 is 2.62 bits per heavy atom. The molecule has 0 unspecified atom stereocenters. The molecule has 0 radical (unpaired) electrons. The second-order valence-electron chi connectivity index (χ2n) is 4.69. The Balaban J connectivity index is 2.18. The highest BCUT2D eigenvalue weighted by Gasteiger charge is 2.34. The summed E-state index contributed by atoms with van der Waals surface area (Å²) in [7, 11) is 0. The second-order valence-corrected chi connectivity index (χ2v) is 5.09. The molecule has 2 heteroatoms. The van der Waals surface area contributed by atoms with Crippen molar-refractivity contribution < 1.29 is 0 Å². The third-order valence-corrected chi connectivity index (χ3v) is 3.98. The Morgan fingerprint density at radius 1 is 1.12 bits per heavy atom. The van der Waals surface area contributed by atoms with Gasteiger partial charge in [0.25, 0.3) is 0 Å². The summed E-state index contributed by atoms with van der Waals surface area (Å²) in [5.41, 5.74) is 7.44.